The molecule has 0 aromatic rings. The summed E-state index contributed by atoms with van der Waals surface area (Å²) < 4.78 is 5.12. The van der Waals surface area contributed by atoms with Gasteiger partial charge in [0.1, 0.15) is 18.3 Å². The Kier molecular flexibility index (Phi) is 2.49. The van der Waals surface area contributed by atoms with Crippen LogP contribution in [-0.2, 0) is 4.74 Å². The van der Waals surface area contributed by atoms with E-state index in [1.54, 1.807) is 13.8 Å². The van der Waals surface area contributed by atoms with Crippen LogP contribution < -0.4 is 0 Å². The number of rotatable bonds is 0. The van der Waals surface area contributed by atoms with Gasteiger partial charge in [0, 0.05) is 0 Å². The van der Waals surface area contributed by atoms with Crippen molar-refractivity contribution in [2.45, 2.75) is 44.4 Å². The molecule has 4 heteroatoms. The van der Waals surface area contributed by atoms with Gasteiger partial charge in [0.25, 0.3) is 0 Å². The fourth-order valence-electron chi connectivity index (χ4n) is 1.26. The quantitative estimate of drug-likeness (QED) is 0.422. The number of aliphatic hydroxyl groups is 3. The maximum atomic E-state index is 9.21. The molecule has 1 rings (SSSR count). The van der Waals surface area contributed by atoms with Crippen molar-refractivity contribution in [3.63, 3.8) is 0 Å². The van der Waals surface area contributed by atoms with Crippen LogP contribution in [0.15, 0.2) is 0 Å². The van der Waals surface area contributed by atoms with Gasteiger partial charge in [-0.15, -0.1) is 0 Å². The van der Waals surface area contributed by atoms with Crippen LogP contribution in [0, 0.1) is 0 Å². The molecule has 0 bridgehead atoms. The van der Waals surface area contributed by atoms with Gasteiger partial charge in [-0.2, -0.15) is 0 Å². The summed E-state index contributed by atoms with van der Waals surface area (Å²) in [7, 11) is 0. The van der Waals surface area contributed by atoms with Gasteiger partial charge in [-0.05, 0) is 13.8 Å². The lowest BCUT2D eigenvalue weighted by Gasteiger charge is -2.37. The van der Waals surface area contributed by atoms with E-state index in [9.17, 15) is 15.3 Å². The molecule has 0 aliphatic carbocycles. The van der Waals surface area contributed by atoms with Crippen molar-refractivity contribution < 1.29 is 20.1 Å². The smallest absolute Gasteiger partial charge is 0.111 e. The van der Waals surface area contributed by atoms with E-state index in [1.807, 2.05) is 0 Å². The second kappa shape index (κ2) is 3.06. The fourth-order valence-corrected chi connectivity index (χ4v) is 1.26. The Morgan fingerprint density at radius 1 is 0.818 bits per heavy atom. The van der Waals surface area contributed by atoms with Crippen LogP contribution in [0.25, 0.3) is 0 Å². The van der Waals surface area contributed by atoms with Crippen LogP contribution in [0.1, 0.15) is 13.8 Å². The average Bonchev–Trinajstić information content (AvgIpc) is 1.97. The molecule has 11 heavy (non-hydrogen) atoms. The van der Waals surface area contributed by atoms with E-state index in [0.29, 0.717) is 0 Å². The Labute approximate surface area is 65.4 Å². The zero-order valence-electron chi connectivity index (χ0n) is 6.64. The summed E-state index contributed by atoms with van der Waals surface area (Å²) in [5.41, 5.74) is 0. The van der Waals surface area contributed by atoms with Gasteiger partial charge in [-0.1, -0.05) is 0 Å². The van der Waals surface area contributed by atoms with E-state index in [4.69, 9.17) is 4.74 Å². The Hall–Kier alpha value is -0.160. The van der Waals surface area contributed by atoms with Crippen molar-refractivity contribution in [1.82, 2.24) is 0 Å². The molecular weight excluding hydrogens is 148 g/mol. The van der Waals surface area contributed by atoms with Crippen molar-refractivity contribution in [2.75, 3.05) is 0 Å². The first kappa shape index (κ1) is 8.93. The third-order valence-electron chi connectivity index (χ3n) is 2.09. The Morgan fingerprint density at radius 3 is 1.55 bits per heavy atom. The molecule has 1 heterocycles. The molecule has 4 nitrogen and oxygen atoms in total. The molecule has 0 amide bonds. The van der Waals surface area contributed by atoms with Crippen molar-refractivity contribution >= 4 is 0 Å². The second-order valence-corrected chi connectivity index (χ2v) is 3.02. The third-order valence-corrected chi connectivity index (χ3v) is 2.09. The minimum atomic E-state index is -1.09. The maximum absolute atomic E-state index is 9.21. The molecule has 0 saturated carbocycles. The highest BCUT2D eigenvalue weighted by molar-refractivity contribution is 4.88. The van der Waals surface area contributed by atoms with E-state index in [2.05, 4.69) is 0 Å². The van der Waals surface area contributed by atoms with E-state index < -0.39 is 30.5 Å². The van der Waals surface area contributed by atoms with Crippen molar-refractivity contribution in [1.29, 1.82) is 0 Å². The fraction of sp³-hybridized carbons (Fsp3) is 1.00. The van der Waals surface area contributed by atoms with Crippen LogP contribution >= 0.6 is 0 Å². The SMILES string of the molecule is CC1O[C@H](C)C(O)C(O)[C@@H]1O. The molecule has 3 unspecified atom stereocenters. The molecule has 5 atom stereocenters. The highest BCUT2D eigenvalue weighted by Crippen LogP contribution is 2.19. The number of hydrogen-bond donors (Lipinski definition) is 3. The maximum Gasteiger partial charge on any atom is 0.111 e. The van der Waals surface area contributed by atoms with E-state index in [-0.39, 0.29) is 0 Å². The summed E-state index contributed by atoms with van der Waals surface area (Å²) in [6.07, 6.45) is -3.89. The van der Waals surface area contributed by atoms with Gasteiger partial charge >= 0.3 is 0 Å². The largest absolute Gasteiger partial charge is 0.388 e. The molecule has 1 aliphatic rings. The predicted octanol–water partition coefficient (Wildman–Crippen LogP) is -1.12. The standard InChI is InChI=1S/C7H14O4/c1-3-5(8)7(10)6(9)4(2)11-3/h3-10H,1-2H3/t3-,4?,5?,6-,7?/m1/s1. The first-order chi connectivity index (χ1) is 5.04. The summed E-state index contributed by atoms with van der Waals surface area (Å²) in [6.45, 7) is 3.33. The van der Waals surface area contributed by atoms with E-state index >= 15 is 0 Å². The summed E-state index contributed by atoms with van der Waals surface area (Å²) in [5.74, 6) is 0. The Bertz CT molecular complexity index is 124. The minimum Gasteiger partial charge on any atom is -0.388 e. The summed E-state index contributed by atoms with van der Waals surface area (Å²) in [4.78, 5) is 0. The summed E-state index contributed by atoms with van der Waals surface area (Å²) in [6, 6.07) is 0. The Morgan fingerprint density at radius 2 is 1.18 bits per heavy atom. The van der Waals surface area contributed by atoms with Gasteiger partial charge in [-0.25, -0.2) is 0 Å². The topological polar surface area (TPSA) is 69.9 Å². The number of ether oxygens (including phenoxy) is 1. The molecule has 1 fully saturated rings. The van der Waals surface area contributed by atoms with Crippen LogP contribution in [0.3, 0.4) is 0 Å². The highest BCUT2D eigenvalue weighted by Gasteiger charge is 2.39. The average molecular weight is 162 g/mol. The van der Waals surface area contributed by atoms with Gasteiger partial charge in [0.15, 0.2) is 0 Å². The lowest BCUT2D eigenvalue weighted by molar-refractivity contribution is -0.211. The minimum absolute atomic E-state index is 0.414. The van der Waals surface area contributed by atoms with E-state index in [0.717, 1.165) is 0 Å². The number of hydrogen-bond acceptors (Lipinski definition) is 4. The zero-order valence-corrected chi connectivity index (χ0v) is 6.64. The van der Waals surface area contributed by atoms with Crippen molar-refractivity contribution in [2.24, 2.45) is 0 Å². The first-order valence-electron chi connectivity index (χ1n) is 3.73. The normalized spacial score (nSPS) is 52.6. The van der Waals surface area contributed by atoms with Crippen LogP contribution in [-0.4, -0.2) is 45.8 Å². The monoisotopic (exact) mass is 162 g/mol. The first-order valence-corrected chi connectivity index (χ1v) is 3.73. The second-order valence-electron chi connectivity index (χ2n) is 3.02. The zero-order chi connectivity index (χ0) is 8.59. The molecule has 0 aromatic heterocycles. The molecule has 1 aliphatic heterocycles. The summed E-state index contributed by atoms with van der Waals surface area (Å²) >= 11 is 0. The van der Waals surface area contributed by atoms with Crippen LogP contribution in [0.2, 0.25) is 0 Å². The molecule has 0 radical (unpaired) electrons. The predicted molar refractivity (Wildman–Crippen MR) is 38.0 cm³/mol. The molecule has 0 spiro atoms. The lowest BCUT2D eigenvalue weighted by Crippen LogP contribution is -2.55. The van der Waals surface area contributed by atoms with Crippen molar-refractivity contribution in [3.8, 4) is 0 Å². The molecule has 3 N–H and O–H groups in total. The van der Waals surface area contributed by atoms with Crippen molar-refractivity contribution in [3.05, 3.63) is 0 Å². The van der Waals surface area contributed by atoms with Gasteiger partial charge in [0.2, 0.25) is 0 Å². The highest BCUT2D eigenvalue weighted by atomic mass is 16.5. The van der Waals surface area contributed by atoms with Gasteiger partial charge < -0.3 is 20.1 Å². The van der Waals surface area contributed by atoms with E-state index in [1.165, 1.54) is 0 Å². The molecular formula is C7H14O4. The van der Waals surface area contributed by atoms with Crippen LogP contribution in [0.5, 0.6) is 0 Å². The third kappa shape index (κ3) is 1.54. The summed E-state index contributed by atoms with van der Waals surface area (Å²) in [5, 5.41) is 27.6. The van der Waals surface area contributed by atoms with Gasteiger partial charge in [0.05, 0.1) is 12.2 Å². The van der Waals surface area contributed by atoms with Gasteiger partial charge in [-0.3, -0.25) is 0 Å². The molecule has 1 saturated heterocycles. The molecule has 66 valence electrons. The molecule has 0 aromatic carbocycles. The lowest BCUT2D eigenvalue weighted by atomic mass is 9.97. The Balaban J connectivity index is 2.63. The number of aliphatic hydroxyl groups excluding tert-OH is 3. The van der Waals surface area contributed by atoms with Crippen LogP contribution in [0.4, 0.5) is 0 Å².